The van der Waals surface area contributed by atoms with Gasteiger partial charge in [0.1, 0.15) is 17.4 Å². The maximum absolute atomic E-state index is 12.6. The Bertz CT molecular complexity index is 1030. The number of hydrogen-bond donors (Lipinski definition) is 0. The van der Waals surface area contributed by atoms with E-state index in [-0.39, 0.29) is 22.6 Å². The quantitative estimate of drug-likeness (QED) is 0.670. The number of rotatable bonds is 3. The number of benzene rings is 2. The van der Waals surface area contributed by atoms with E-state index < -0.39 is 17.8 Å². The van der Waals surface area contributed by atoms with E-state index in [4.69, 9.17) is 9.25 Å². The summed E-state index contributed by atoms with van der Waals surface area (Å²) >= 11 is 0. The molecule has 2 heterocycles. The van der Waals surface area contributed by atoms with Crippen LogP contribution in [-0.4, -0.2) is 22.8 Å². The molecular formula is C20H15NO5. The summed E-state index contributed by atoms with van der Waals surface area (Å²) in [6.45, 7) is 4.08. The molecule has 2 amide bonds. The second kappa shape index (κ2) is 5.84. The summed E-state index contributed by atoms with van der Waals surface area (Å²) in [4.78, 5) is 42.3. The van der Waals surface area contributed by atoms with Crippen LogP contribution < -0.4 is 0 Å². The third kappa shape index (κ3) is 2.38. The van der Waals surface area contributed by atoms with Crippen molar-refractivity contribution in [2.45, 2.75) is 19.8 Å². The lowest BCUT2D eigenvalue weighted by Crippen LogP contribution is -2.32. The summed E-state index contributed by atoms with van der Waals surface area (Å²) in [6, 6.07) is 11.9. The second-order valence-electron chi connectivity index (χ2n) is 6.39. The van der Waals surface area contributed by atoms with Crippen LogP contribution in [0.5, 0.6) is 0 Å². The zero-order valence-electron chi connectivity index (χ0n) is 14.2. The van der Waals surface area contributed by atoms with Gasteiger partial charge in [-0.3, -0.25) is 9.59 Å². The molecule has 0 saturated heterocycles. The number of furan rings is 1. The molecule has 3 aromatic rings. The van der Waals surface area contributed by atoms with Gasteiger partial charge in [0.2, 0.25) is 0 Å². The fourth-order valence-corrected chi connectivity index (χ4v) is 2.95. The van der Waals surface area contributed by atoms with Gasteiger partial charge in [-0.2, -0.15) is 0 Å². The van der Waals surface area contributed by atoms with Crippen LogP contribution in [0.15, 0.2) is 53.1 Å². The minimum Gasteiger partial charge on any atom is -0.463 e. The predicted octanol–water partition coefficient (Wildman–Crippen LogP) is 3.92. The van der Waals surface area contributed by atoms with Crippen molar-refractivity contribution in [1.82, 2.24) is 5.06 Å². The third-order valence-electron chi connectivity index (χ3n) is 4.42. The fraction of sp³-hybridized carbons (Fsp3) is 0.150. The number of hydroxylamine groups is 2. The van der Waals surface area contributed by atoms with Gasteiger partial charge in [0.15, 0.2) is 0 Å². The summed E-state index contributed by atoms with van der Waals surface area (Å²) in [5.74, 6) is -1.86. The summed E-state index contributed by atoms with van der Waals surface area (Å²) in [5, 5.41) is 1.08. The molecule has 1 aliphatic rings. The Morgan fingerprint density at radius 1 is 1.04 bits per heavy atom. The molecule has 0 saturated carbocycles. The predicted molar refractivity (Wildman–Crippen MR) is 92.7 cm³/mol. The molecule has 0 aliphatic carbocycles. The molecule has 0 fully saturated rings. The Kier molecular flexibility index (Phi) is 3.61. The molecule has 4 rings (SSSR count). The van der Waals surface area contributed by atoms with Crippen molar-refractivity contribution < 1.29 is 23.6 Å². The molecule has 1 aliphatic heterocycles. The van der Waals surface area contributed by atoms with Crippen LogP contribution >= 0.6 is 0 Å². The van der Waals surface area contributed by atoms with Crippen molar-refractivity contribution in [3.8, 4) is 0 Å². The van der Waals surface area contributed by atoms with E-state index >= 15 is 0 Å². The molecular weight excluding hydrogens is 334 g/mol. The number of fused-ring (bicyclic) bond motifs is 2. The average molecular weight is 349 g/mol. The Hall–Kier alpha value is -3.41. The maximum atomic E-state index is 12.6. The number of imide groups is 1. The van der Waals surface area contributed by atoms with Crippen molar-refractivity contribution in [1.29, 1.82) is 0 Å². The van der Waals surface area contributed by atoms with Crippen LogP contribution in [-0.2, 0) is 4.84 Å². The van der Waals surface area contributed by atoms with Crippen LogP contribution in [0.25, 0.3) is 11.0 Å². The van der Waals surface area contributed by atoms with Crippen molar-refractivity contribution in [3.63, 3.8) is 0 Å². The van der Waals surface area contributed by atoms with Crippen LogP contribution in [0.1, 0.15) is 56.4 Å². The summed E-state index contributed by atoms with van der Waals surface area (Å²) in [5.41, 5.74) is 2.16. The van der Waals surface area contributed by atoms with Gasteiger partial charge in [-0.25, -0.2) is 4.79 Å². The first-order valence-electron chi connectivity index (χ1n) is 8.18. The summed E-state index contributed by atoms with van der Waals surface area (Å²) < 4.78 is 5.40. The van der Waals surface area contributed by atoms with Gasteiger partial charge in [0, 0.05) is 5.39 Å². The van der Waals surface area contributed by atoms with E-state index in [0.717, 1.165) is 5.56 Å². The highest BCUT2D eigenvalue weighted by molar-refractivity contribution is 6.21. The van der Waals surface area contributed by atoms with Crippen molar-refractivity contribution >= 4 is 28.8 Å². The van der Waals surface area contributed by atoms with Crippen LogP contribution in [0.2, 0.25) is 0 Å². The van der Waals surface area contributed by atoms with Gasteiger partial charge in [-0.05, 0) is 35.7 Å². The zero-order chi connectivity index (χ0) is 18.4. The normalized spacial score (nSPS) is 13.6. The lowest BCUT2D eigenvalue weighted by Gasteiger charge is -2.12. The Balaban J connectivity index is 1.66. The molecule has 0 N–H and O–H groups in total. The van der Waals surface area contributed by atoms with E-state index in [0.29, 0.717) is 16.0 Å². The molecule has 1 aromatic heterocycles. The van der Waals surface area contributed by atoms with Gasteiger partial charge in [-0.1, -0.05) is 37.1 Å². The Morgan fingerprint density at radius 3 is 2.31 bits per heavy atom. The van der Waals surface area contributed by atoms with E-state index in [1.807, 2.05) is 26.0 Å². The molecule has 0 bridgehead atoms. The Morgan fingerprint density at radius 2 is 1.69 bits per heavy atom. The minimum atomic E-state index is -0.820. The second-order valence-corrected chi connectivity index (χ2v) is 6.39. The standard InChI is InChI=1S/C20H15NO5/c1-11(2)12-7-8-17-15(9-12)16(10-25-17)20(24)26-21-18(22)13-5-3-4-6-14(13)19(21)23/h3-11H,1-2H3. The van der Waals surface area contributed by atoms with Gasteiger partial charge < -0.3 is 9.25 Å². The number of amides is 2. The fourth-order valence-electron chi connectivity index (χ4n) is 2.95. The summed E-state index contributed by atoms with van der Waals surface area (Å²) in [7, 11) is 0. The van der Waals surface area contributed by atoms with Crippen LogP contribution in [0.3, 0.4) is 0 Å². The molecule has 130 valence electrons. The number of hydrogen-bond acceptors (Lipinski definition) is 5. The van der Waals surface area contributed by atoms with Crippen LogP contribution in [0.4, 0.5) is 0 Å². The molecule has 6 heteroatoms. The lowest BCUT2D eigenvalue weighted by molar-refractivity contribution is -0.0583. The molecule has 0 unspecified atom stereocenters. The van der Waals surface area contributed by atoms with E-state index in [9.17, 15) is 14.4 Å². The molecule has 2 aromatic carbocycles. The number of carbonyl (C=O) groups is 3. The largest absolute Gasteiger partial charge is 0.463 e. The third-order valence-corrected chi connectivity index (χ3v) is 4.42. The molecule has 6 nitrogen and oxygen atoms in total. The summed E-state index contributed by atoms with van der Waals surface area (Å²) in [6.07, 6.45) is 1.27. The topological polar surface area (TPSA) is 76.8 Å². The van der Waals surface area contributed by atoms with Gasteiger partial charge in [0.25, 0.3) is 11.8 Å². The number of nitrogens with zero attached hydrogens (tertiary/aromatic N) is 1. The first-order chi connectivity index (χ1) is 12.5. The van der Waals surface area contributed by atoms with Crippen molar-refractivity contribution in [2.75, 3.05) is 0 Å². The average Bonchev–Trinajstić information content (AvgIpc) is 3.16. The smallest absolute Gasteiger partial charge is 0.367 e. The first-order valence-corrected chi connectivity index (χ1v) is 8.18. The Labute approximate surface area is 148 Å². The molecule has 26 heavy (non-hydrogen) atoms. The van der Waals surface area contributed by atoms with Crippen LogP contribution in [0, 0.1) is 0 Å². The van der Waals surface area contributed by atoms with Gasteiger partial charge in [0.05, 0.1) is 11.1 Å². The van der Waals surface area contributed by atoms with Crippen molar-refractivity contribution in [3.05, 3.63) is 71.0 Å². The van der Waals surface area contributed by atoms with E-state index in [2.05, 4.69) is 0 Å². The van der Waals surface area contributed by atoms with Gasteiger partial charge >= 0.3 is 5.97 Å². The van der Waals surface area contributed by atoms with Crippen molar-refractivity contribution in [2.24, 2.45) is 0 Å². The van der Waals surface area contributed by atoms with E-state index in [1.165, 1.54) is 18.4 Å². The minimum absolute atomic E-state index is 0.166. The maximum Gasteiger partial charge on any atom is 0.367 e. The SMILES string of the molecule is CC(C)c1ccc2occ(C(=O)ON3C(=O)c4ccccc4C3=O)c2c1. The zero-order valence-corrected chi connectivity index (χ0v) is 14.2. The monoisotopic (exact) mass is 349 g/mol. The number of carbonyl (C=O) groups excluding carboxylic acids is 3. The molecule has 0 spiro atoms. The molecule has 0 atom stereocenters. The lowest BCUT2D eigenvalue weighted by atomic mass is 10.0. The highest BCUT2D eigenvalue weighted by Crippen LogP contribution is 2.28. The highest BCUT2D eigenvalue weighted by atomic mass is 16.7. The first kappa shape index (κ1) is 16.1. The molecule has 0 radical (unpaired) electrons. The van der Waals surface area contributed by atoms with E-state index in [1.54, 1.807) is 18.2 Å². The van der Waals surface area contributed by atoms with Gasteiger partial charge in [-0.15, -0.1) is 0 Å². The highest BCUT2D eigenvalue weighted by Gasteiger charge is 2.39.